The van der Waals surface area contributed by atoms with Crippen LogP contribution in [0.3, 0.4) is 0 Å². The smallest absolute Gasteiger partial charge is 0.334 e. The van der Waals surface area contributed by atoms with Gasteiger partial charge in [0.2, 0.25) is 0 Å². The van der Waals surface area contributed by atoms with Crippen molar-refractivity contribution in [2.45, 2.75) is 12.8 Å². The number of aryl methyl sites for hydroxylation is 1. The molecule has 1 aromatic carbocycles. The molecule has 8 nitrogen and oxygen atoms in total. The van der Waals surface area contributed by atoms with E-state index in [1.807, 2.05) is 19.2 Å². The molecular weight excluding hydrogens is 334 g/mol. The summed E-state index contributed by atoms with van der Waals surface area (Å²) in [5.41, 5.74) is 1.09. The predicted molar refractivity (Wildman–Crippen MR) is 99.0 cm³/mol. The Hall–Kier alpha value is -2.87. The van der Waals surface area contributed by atoms with Gasteiger partial charge in [-0.15, -0.1) is 0 Å². The van der Waals surface area contributed by atoms with Crippen LogP contribution >= 0.6 is 0 Å². The highest BCUT2D eigenvalue weighted by molar-refractivity contribution is 5.89. The molecule has 8 heteroatoms. The highest BCUT2D eigenvalue weighted by atomic mass is 16.3. The van der Waals surface area contributed by atoms with Crippen LogP contribution in [-0.2, 0) is 7.05 Å². The van der Waals surface area contributed by atoms with Gasteiger partial charge in [0.05, 0.1) is 5.52 Å². The topological polar surface area (TPSA) is 96.2 Å². The van der Waals surface area contributed by atoms with Crippen LogP contribution < -0.4 is 16.1 Å². The molecule has 2 aromatic heterocycles. The Morgan fingerprint density at radius 2 is 2.00 bits per heavy atom. The zero-order valence-corrected chi connectivity index (χ0v) is 14.6. The van der Waals surface area contributed by atoms with Crippen molar-refractivity contribution in [3.8, 4) is 5.82 Å². The summed E-state index contributed by atoms with van der Waals surface area (Å²) >= 11 is 0. The van der Waals surface area contributed by atoms with E-state index in [1.54, 1.807) is 4.68 Å². The summed E-state index contributed by atoms with van der Waals surface area (Å²) in [4.78, 5) is 28.0. The normalized spacial score (nSPS) is 15.7. The van der Waals surface area contributed by atoms with E-state index in [2.05, 4.69) is 21.0 Å². The Labute approximate surface area is 149 Å². The molecule has 136 valence electrons. The van der Waals surface area contributed by atoms with Crippen LogP contribution in [0, 0.1) is 5.92 Å². The van der Waals surface area contributed by atoms with Crippen molar-refractivity contribution < 1.29 is 5.11 Å². The van der Waals surface area contributed by atoms with Crippen molar-refractivity contribution in [3.05, 3.63) is 51.3 Å². The maximum atomic E-state index is 12.1. The third-order valence-corrected chi connectivity index (χ3v) is 5.11. The van der Waals surface area contributed by atoms with Gasteiger partial charge in [0.15, 0.2) is 5.82 Å². The molecule has 0 unspecified atom stereocenters. The van der Waals surface area contributed by atoms with Crippen LogP contribution in [0.1, 0.15) is 12.8 Å². The number of rotatable bonds is 3. The van der Waals surface area contributed by atoms with Gasteiger partial charge in [-0.25, -0.2) is 4.79 Å². The van der Waals surface area contributed by atoms with E-state index in [4.69, 9.17) is 0 Å². The quantitative estimate of drug-likeness (QED) is 0.718. The molecule has 1 aliphatic heterocycles. The summed E-state index contributed by atoms with van der Waals surface area (Å²) in [7, 11) is 1.84. The molecule has 1 aliphatic rings. The molecule has 1 fully saturated rings. The molecule has 0 aliphatic carbocycles. The van der Waals surface area contributed by atoms with Gasteiger partial charge in [0, 0.05) is 50.1 Å². The SMILES string of the molecule is Cn1nc(-n2ccc(=O)[nH]c2=O)c2ccc(N3CCC(CO)CC3)cc21. The van der Waals surface area contributed by atoms with Crippen molar-refractivity contribution >= 4 is 16.6 Å². The second-order valence-corrected chi connectivity index (χ2v) is 6.74. The fourth-order valence-electron chi connectivity index (χ4n) is 3.56. The van der Waals surface area contributed by atoms with E-state index < -0.39 is 11.2 Å². The highest BCUT2D eigenvalue weighted by Crippen LogP contribution is 2.28. The largest absolute Gasteiger partial charge is 0.396 e. The van der Waals surface area contributed by atoms with Gasteiger partial charge in [-0.3, -0.25) is 19.0 Å². The van der Waals surface area contributed by atoms with E-state index in [0.29, 0.717) is 11.7 Å². The zero-order chi connectivity index (χ0) is 18.3. The number of H-pyrrole nitrogens is 1. The lowest BCUT2D eigenvalue weighted by molar-refractivity contribution is 0.203. The van der Waals surface area contributed by atoms with Crippen molar-refractivity contribution in [2.75, 3.05) is 24.6 Å². The summed E-state index contributed by atoms with van der Waals surface area (Å²) in [6.45, 7) is 2.09. The Bertz CT molecular complexity index is 1060. The molecule has 0 radical (unpaired) electrons. The number of hydrogen-bond acceptors (Lipinski definition) is 5. The molecule has 26 heavy (non-hydrogen) atoms. The van der Waals surface area contributed by atoms with Crippen LogP contribution in [-0.4, -0.2) is 44.1 Å². The second kappa shape index (κ2) is 6.45. The Balaban J connectivity index is 1.73. The minimum atomic E-state index is -0.507. The number of aromatic nitrogens is 4. The van der Waals surface area contributed by atoms with E-state index >= 15 is 0 Å². The fraction of sp³-hybridized carbons (Fsp3) is 0.389. The van der Waals surface area contributed by atoms with E-state index in [0.717, 1.165) is 42.5 Å². The van der Waals surface area contributed by atoms with Crippen LogP contribution in [0.5, 0.6) is 0 Å². The third kappa shape index (κ3) is 2.82. The number of aromatic amines is 1. The van der Waals surface area contributed by atoms with Gasteiger partial charge >= 0.3 is 5.69 Å². The lowest BCUT2D eigenvalue weighted by Gasteiger charge is -2.32. The van der Waals surface area contributed by atoms with Crippen LogP contribution in [0.15, 0.2) is 40.1 Å². The molecule has 0 spiro atoms. The van der Waals surface area contributed by atoms with Gasteiger partial charge in [-0.05, 0) is 37.0 Å². The second-order valence-electron chi connectivity index (χ2n) is 6.74. The van der Waals surface area contributed by atoms with Gasteiger partial charge in [-0.2, -0.15) is 5.10 Å². The Kier molecular flexibility index (Phi) is 4.12. The molecule has 0 atom stereocenters. The standard InChI is InChI=1S/C18H21N5O3/c1-21-15-10-13(22-7-4-12(11-24)5-8-22)2-3-14(15)17(20-21)23-9-6-16(25)19-18(23)26/h2-3,6,9-10,12,24H,4-5,7-8,11H2,1H3,(H,19,25,26). The highest BCUT2D eigenvalue weighted by Gasteiger charge is 2.20. The minimum Gasteiger partial charge on any atom is -0.396 e. The van der Waals surface area contributed by atoms with Crippen LogP contribution in [0.4, 0.5) is 5.69 Å². The average Bonchev–Trinajstić information content (AvgIpc) is 2.98. The molecule has 0 amide bonds. The summed E-state index contributed by atoms with van der Waals surface area (Å²) in [5.74, 6) is 0.889. The molecule has 4 rings (SSSR count). The lowest BCUT2D eigenvalue weighted by Crippen LogP contribution is -2.34. The summed E-state index contributed by atoms with van der Waals surface area (Å²) in [5, 5.41) is 14.6. The van der Waals surface area contributed by atoms with Gasteiger partial charge in [-0.1, -0.05) is 0 Å². The van der Waals surface area contributed by atoms with Crippen molar-refractivity contribution in [2.24, 2.45) is 13.0 Å². The Morgan fingerprint density at radius 3 is 2.69 bits per heavy atom. The molecule has 3 heterocycles. The number of aliphatic hydroxyl groups excluding tert-OH is 1. The maximum Gasteiger partial charge on any atom is 0.334 e. The first-order valence-corrected chi connectivity index (χ1v) is 8.72. The van der Waals surface area contributed by atoms with E-state index in [1.165, 1.54) is 16.8 Å². The Morgan fingerprint density at radius 1 is 1.23 bits per heavy atom. The third-order valence-electron chi connectivity index (χ3n) is 5.11. The number of nitrogens with zero attached hydrogens (tertiary/aromatic N) is 4. The zero-order valence-electron chi connectivity index (χ0n) is 14.6. The lowest BCUT2D eigenvalue weighted by atomic mass is 9.97. The first-order valence-electron chi connectivity index (χ1n) is 8.72. The van der Waals surface area contributed by atoms with Crippen molar-refractivity contribution in [1.82, 2.24) is 19.3 Å². The number of aliphatic hydroxyl groups is 1. The molecule has 0 bridgehead atoms. The van der Waals surface area contributed by atoms with Gasteiger partial charge in [0.1, 0.15) is 0 Å². The molecule has 1 saturated heterocycles. The molecule has 2 N–H and O–H groups in total. The number of benzene rings is 1. The number of fused-ring (bicyclic) bond motifs is 1. The fourth-order valence-corrected chi connectivity index (χ4v) is 3.56. The number of piperidine rings is 1. The minimum absolute atomic E-state index is 0.256. The monoisotopic (exact) mass is 355 g/mol. The average molecular weight is 355 g/mol. The molecule has 0 saturated carbocycles. The maximum absolute atomic E-state index is 12.1. The van der Waals surface area contributed by atoms with Crippen molar-refractivity contribution in [3.63, 3.8) is 0 Å². The molecular formula is C18H21N5O3. The number of hydrogen-bond donors (Lipinski definition) is 2. The number of anilines is 1. The summed E-state index contributed by atoms with van der Waals surface area (Å²) in [6, 6.07) is 7.37. The molecule has 3 aromatic rings. The number of nitrogens with one attached hydrogen (secondary N) is 1. The summed E-state index contributed by atoms with van der Waals surface area (Å²) in [6.07, 6.45) is 3.41. The van der Waals surface area contributed by atoms with Gasteiger partial charge in [0.25, 0.3) is 5.56 Å². The first-order chi connectivity index (χ1) is 12.6. The van der Waals surface area contributed by atoms with Crippen LogP contribution in [0.2, 0.25) is 0 Å². The van der Waals surface area contributed by atoms with Crippen molar-refractivity contribution in [1.29, 1.82) is 0 Å². The predicted octanol–water partition coefficient (Wildman–Crippen LogP) is 0.621. The van der Waals surface area contributed by atoms with E-state index in [9.17, 15) is 14.7 Å². The van der Waals surface area contributed by atoms with Crippen LogP contribution in [0.25, 0.3) is 16.7 Å². The van der Waals surface area contributed by atoms with E-state index in [-0.39, 0.29) is 6.61 Å². The van der Waals surface area contributed by atoms with Gasteiger partial charge < -0.3 is 10.0 Å². The first kappa shape index (κ1) is 16.6. The summed E-state index contributed by atoms with van der Waals surface area (Å²) < 4.78 is 3.09.